The Morgan fingerprint density at radius 2 is 2.57 bits per heavy atom. The maximum Gasteiger partial charge on any atom is 0.0893 e. The first-order valence-electron chi connectivity index (χ1n) is 1.39. The summed E-state index contributed by atoms with van der Waals surface area (Å²) in [5, 5.41) is 10.0. The third-order valence-corrected chi connectivity index (χ3v) is 0.535. The largest absolute Gasteiger partial charge is 0.342 e. The van der Waals surface area contributed by atoms with Crippen LogP contribution in [-0.4, -0.2) is 0 Å². The Morgan fingerprint density at radius 3 is 2.57 bits per heavy atom. The minimum absolute atomic E-state index is 0.108. The summed E-state index contributed by atoms with van der Waals surface area (Å²) in [5.74, 6) is 0. The third kappa shape index (κ3) is 1.86. The summed E-state index contributed by atoms with van der Waals surface area (Å²) in [6, 6.07) is 1.58. The van der Waals surface area contributed by atoms with E-state index >= 15 is 0 Å². The topological polar surface area (TPSA) is 28.1 Å². The van der Waals surface area contributed by atoms with Gasteiger partial charge in [0.25, 0.3) is 0 Å². The Hall–Kier alpha value is -0.930. The molecule has 0 N–H and O–H groups in total. The van der Waals surface area contributed by atoms with Crippen LogP contribution in [0.2, 0.25) is 0 Å². The van der Waals surface area contributed by atoms with E-state index in [0.29, 0.717) is 0 Å². The molecular formula is C4HN2S-. The fourth-order valence-corrected chi connectivity index (χ4v) is 0.175. The Labute approximate surface area is 47.3 Å². The van der Waals surface area contributed by atoms with Crippen molar-refractivity contribution in [2.75, 3.05) is 0 Å². The summed E-state index contributed by atoms with van der Waals surface area (Å²) in [6.45, 7) is 6.21. The van der Waals surface area contributed by atoms with Crippen molar-refractivity contribution in [1.82, 2.24) is 0 Å². The number of hydrogen-bond acceptors (Lipinski definition) is 2. The van der Waals surface area contributed by atoms with Gasteiger partial charge in [0.15, 0.2) is 0 Å². The Morgan fingerprint density at radius 1 is 2.00 bits per heavy atom. The van der Waals surface area contributed by atoms with Crippen LogP contribution in [0.1, 0.15) is 0 Å². The van der Waals surface area contributed by atoms with Crippen molar-refractivity contribution in [3.05, 3.63) is 22.5 Å². The Kier molecular flexibility index (Phi) is 2.83. The number of nitriles is 1. The van der Waals surface area contributed by atoms with Crippen LogP contribution in [0.5, 0.6) is 0 Å². The molecule has 0 saturated carbocycles. The van der Waals surface area contributed by atoms with E-state index in [1.807, 2.05) is 0 Å². The van der Waals surface area contributed by atoms with Gasteiger partial charge in [-0.3, -0.25) is 17.5 Å². The second-order valence-corrected chi connectivity index (χ2v) is 0.908. The minimum atomic E-state index is -0.108. The molecule has 7 heavy (non-hydrogen) atoms. The van der Waals surface area contributed by atoms with Crippen LogP contribution >= 0.6 is 12.6 Å². The van der Waals surface area contributed by atoms with Gasteiger partial charge in [-0.05, 0) is 0 Å². The summed E-state index contributed by atoms with van der Waals surface area (Å²) >= 11 is 3.45. The van der Waals surface area contributed by atoms with Gasteiger partial charge in [0.2, 0.25) is 0 Å². The van der Waals surface area contributed by atoms with Crippen LogP contribution < -0.4 is 0 Å². The molecule has 0 saturated heterocycles. The van der Waals surface area contributed by atoms with Crippen LogP contribution in [0.25, 0.3) is 4.85 Å². The number of hydrogen-bond donors (Lipinski definition) is 1. The standard InChI is InChI=1S/C4HN2S/c1-6-4(2-5)3-7/h7H/q-1. The first kappa shape index (κ1) is 6.07. The van der Waals surface area contributed by atoms with E-state index in [9.17, 15) is 0 Å². The highest BCUT2D eigenvalue weighted by molar-refractivity contribution is 7.82. The molecule has 0 unspecified atom stereocenters. The first-order valence-corrected chi connectivity index (χ1v) is 1.84. The fourth-order valence-electron chi connectivity index (χ4n) is 0.0750. The second-order valence-electron chi connectivity index (χ2n) is 0.684. The molecule has 0 bridgehead atoms. The lowest BCUT2D eigenvalue weighted by Gasteiger charge is -1.83. The second kappa shape index (κ2) is 3.27. The summed E-state index contributed by atoms with van der Waals surface area (Å²) in [7, 11) is 0. The van der Waals surface area contributed by atoms with Gasteiger partial charge >= 0.3 is 0 Å². The molecule has 0 aliphatic rings. The molecule has 34 valence electrons. The van der Waals surface area contributed by atoms with Gasteiger partial charge in [-0.15, -0.1) is 0 Å². The zero-order valence-electron chi connectivity index (χ0n) is 3.34. The van der Waals surface area contributed by atoms with E-state index < -0.39 is 0 Å². The minimum Gasteiger partial charge on any atom is -0.342 e. The van der Waals surface area contributed by atoms with Gasteiger partial charge < -0.3 is 5.26 Å². The third-order valence-electron chi connectivity index (χ3n) is 0.324. The van der Waals surface area contributed by atoms with Crippen molar-refractivity contribution >= 4 is 12.6 Å². The quantitative estimate of drug-likeness (QED) is 0.280. The lowest BCUT2D eigenvalue weighted by atomic mass is 10.6. The van der Waals surface area contributed by atoms with Gasteiger partial charge in [-0.1, -0.05) is 0 Å². The summed E-state index contributed by atoms with van der Waals surface area (Å²) in [5.41, 5.74) is -0.108. The average molecular weight is 109 g/mol. The van der Waals surface area contributed by atoms with E-state index in [4.69, 9.17) is 11.8 Å². The van der Waals surface area contributed by atoms with Crippen molar-refractivity contribution in [2.24, 2.45) is 0 Å². The average Bonchev–Trinajstić information content (AvgIpc) is 1.72. The number of allylic oxidation sites excluding steroid dienone is 1. The maximum atomic E-state index is 7.91. The summed E-state index contributed by atoms with van der Waals surface area (Å²) in [4.78, 5) is 2.74. The van der Waals surface area contributed by atoms with E-state index in [1.165, 1.54) is 0 Å². The van der Waals surface area contributed by atoms with E-state index in [2.05, 4.69) is 22.9 Å². The molecule has 0 heterocycles. The number of rotatable bonds is 0. The van der Waals surface area contributed by atoms with E-state index in [1.54, 1.807) is 6.07 Å². The van der Waals surface area contributed by atoms with Gasteiger partial charge in [-0.2, -0.15) is 6.07 Å². The molecule has 2 nitrogen and oxygen atoms in total. The highest BCUT2D eigenvalue weighted by Crippen LogP contribution is 1.91. The van der Waals surface area contributed by atoms with Gasteiger partial charge in [0, 0.05) is 0 Å². The molecule has 0 aliphatic carbocycles. The van der Waals surface area contributed by atoms with Crippen molar-refractivity contribution in [1.29, 1.82) is 5.26 Å². The Bertz CT molecular complexity index is 142. The monoisotopic (exact) mass is 109 g/mol. The number of thiol groups is 1. The predicted molar refractivity (Wildman–Crippen MR) is 28.0 cm³/mol. The highest BCUT2D eigenvalue weighted by atomic mass is 32.1. The van der Waals surface area contributed by atoms with Crippen LogP contribution in [0.3, 0.4) is 0 Å². The molecule has 0 aromatic carbocycles. The maximum absolute atomic E-state index is 7.91. The molecule has 0 spiro atoms. The Balaban J connectivity index is 4.03. The van der Waals surface area contributed by atoms with Crippen LogP contribution in [0.15, 0.2) is 5.70 Å². The molecule has 0 aromatic rings. The smallest absolute Gasteiger partial charge is 0.0893 e. The van der Waals surface area contributed by atoms with Crippen LogP contribution in [0, 0.1) is 23.3 Å². The van der Waals surface area contributed by atoms with Crippen molar-refractivity contribution < 1.29 is 0 Å². The van der Waals surface area contributed by atoms with Crippen LogP contribution in [0.4, 0.5) is 0 Å². The van der Waals surface area contributed by atoms with Gasteiger partial charge in [0.1, 0.15) is 0 Å². The normalized spacial score (nSPS) is 9.29. The first-order chi connectivity index (χ1) is 3.35. The molecule has 0 radical (unpaired) electrons. The van der Waals surface area contributed by atoms with Crippen molar-refractivity contribution in [3.63, 3.8) is 0 Å². The molecule has 3 heteroatoms. The molecule has 0 aromatic heterocycles. The molecule has 0 rings (SSSR count). The lowest BCUT2D eigenvalue weighted by molar-refractivity contribution is 1.50. The van der Waals surface area contributed by atoms with Crippen molar-refractivity contribution in [3.8, 4) is 6.07 Å². The zero-order valence-corrected chi connectivity index (χ0v) is 4.24. The molecule has 0 fully saturated rings. The van der Waals surface area contributed by atoms with Crippen molar-refractivity contribution in [2.45, 2.75) is 0 Å². The molecular weight excluding hydrogens is 108 g/mol. The lowest BCUT2D eigenvalue weighted by Crippen LogP contribution is -1.58. The van der Waals surface area contributed by atoms with E-state index in [-0.39, 0.29) is 5.70 Å². The van der Waals surface area contributed by atoms with E-state index in [0.717, 1.165) is 0 Å². The molecule has 0 amide bonds. The van der Waals surface area contributed by atoms with Crippen LogP contribution in [-0.2, 0) is 0 Å². The SMILES string of the molecule is [C-]#[N+]C(C#N)=[C-]S. The molecule has 0 atom stereocenters. The van der Waals surface area contributed by atoms with Gasteiger partial charge in [-0.25, -0.2) is 5.41 Å². The predicted octanol–water partition coefficient (Wildman–Crippen LogP) is 1.00. The zero-order chi connectivity index (χ0) is 5.70. The summed E-state index contributed by atoms with van der Waals surface area (Å²) in [6.07, 6.45) is 0. The summed E-state index contributed by atoms with van der Waals surface area (Å²) < 4.78 is 0. The fraction of sp³-hybridized carbons (Fsp3) is 0. The number of nitrogens with zero attached hydrogens (tertiary/aromatic N) is 2. The molecule has 0 aliphatic heterocycles. The highest BCUT2D eigenvalue weighted by Gasteiger charge is 1.65. The van der Waals surface area contributed by atoms with Gasteiger partial charge in [0.05, 0.1) is 12.3 Å².